The first-order chi connectivity index (χ1) is 9.10. The van der Waals surface area contributed by atoms with E-state index in [9.17, 15) is 4.79 Å². The maximum atomic E-state index is 11.7. The minimum Gasteiger partial charge on any atom is -0.342 e. The van der Waals surface area contributed by atoms with Gasteiger partial charge in [-0.05, 0) is 45.3 Å². The molecule has 0 bridgehead atoms. The summed E-state index contributed by atoms with van der Waals surface area (Å²) < 4.78 is 1.18. The summed E-state index contributed by atoms with van der Waals surface area (Å²) in [6, 6.07) is 2.68. The molecule has 106 valence electrons. The van der Waals surface area contributed by atoms with Gasteiger partial charge in [-0.3, -0.25) is 4.79 Å². The van der Waals surface area contributed by atoms with Gasteiger partial charge in [0.1, 0.15) is 0 Å². The Morgan fingerprint density at radius 3 is 3.00 bits per heavy atom. The molecule has 2 rings (SSSR count). The molecule has 1 N–H and O–H groups in total. The lowest BCUT2D eigenvalue weighted by Crippen LogP contribution is -2.49. The number of likely N-dealkylation sites (tertiary alicyclic amines) is 1. The van der Waals surface area contributed by atoms with E-state index in [0.717, 1.165) is 26.1 Å². The summed E-state index contributed by atoms with van der Waals surface area (Å²) in [5, 5.41) is 5.80. The Balaban J connectivity index is 1.81. The van der Waals surface area contributed by atoms with Crippen LogP contribution in [0, 0.1) is 5.92 Å². The number of nitrogens with zero attached hydrogens (tertiary/aromatic N) is 1. The molecule has 2 heterocycles. The molecule has 2 atom stereocenters. The van der Waals surface area contributed by atoms with Gasteiger partial charge in [-0.15, -0.1) is 11.3 Å². The standard InChI is InChI=1S/C14H21BrN2OS/c1-3-14(18)17-5-4-12(10(2)8-17)16-7-11-6-13(15)19-9-11/h6,9-10,12,16H,3-5,7-8H2,1-2H3/t10-,12+/m0/s1. The van der Waals surface area contributed by atoms with Crippen LogP contribution in [0.1, 0.15) is 32.3 Å². The highest BCUT2D eigenvalue weighted by atomic mass is 79.9. The van der Waals surface area contributed by atoms with Crippen molar-refractivity contribution in [1.82, 2.24) is 10.2 Å². The Labute approximate surface area is 127 Å². The third kappa shape index (κ3) is 4.04. The number of rotatable bonds is 4. The number of hydrogen-bond acceptors (Lipinski definition) is 3. The molecule has 0 aromatic carbocycles. The van der Waals surface area contributed by atoms with Crippen LogP contribution in [-0.2, 0) is 11.3 Å². The lowest BCUT2D eigenvalue weighted by Gasteiger charge is -2.37. The quantitative estimate of drug-likeness (QED) is 0.909. The SMILES string of the molecule is CCC(=O)N1CC[C@@H](NCc2csc(Br)c2)[C@@H](C)C1. The third-order valence-electron chi connectivity index (χ3n) is 3.75. The largest absolute Gasteiger partial charge is 0.342 e. The van der Waals surface area contributed by atoms with Gasteiger partial charge in [0.25, 0.3) is 0 Å². The van der Waals surface area contributed by atoms with Crippen molar-refractivity contribution in [2.45, 2.75) is 39.3 Å². The van der Waals surface area contributed by atoms with Crippen molar-refractivity contribution in [3.8, 4) is 0 Å². The number of amides is 1. The maximum Gasteiger partial charge on any atom is 0.222 e. The van der Waals surface area contributed by atoms with Crippen molar-refractivity contribution in [2.75, 3.05) is 13.1 Å². The van der Waals surface area contributed by atoms with E-state index in [4.69, 9.17) is 0 Å². The van der Waals surface area contributed by atoms with Gasteiger partial charge >= 0.3 is 0 Å². The zero-order valence-corrected chi connectivity index (χ0v) is 13.9. The molecule has 0 aliphatic carbocycles. The lowest BCUT2D eigenvalue weighted by atomic mass is 9.93. The first-order valence-corrected chi connectivity index (χ1v) is 8.51. The van der Waals surface area contributed by atoms with Crippen molar-refractivity contribution in [1.29, 1.82) is 0 Å². The predicted octanol–water partition coefficient (Wildman–Crippen LogP) is 3.25. The van der Waals surface area contributed by atoms with Crippen LogP contribution < -0.4 is 5.32 Å². The summed E-state index contributed by atoms with van der Waals surface area (Å²) >= 11 is 5.21. The first kappa shape index (κ1) is 15.0. The number of thiophene rings is 1. The molecule has 3 nitrogen and oxygen atoms in total. The van der Waals surface area contributed by atoms with Gasteiger partial charge in [0.2, 0.25) is 5.91 Å². The number of halogens is 1. The smallest absolute Gasteiger partial charge is 0.222 e. The molecule has 0 spiro atoms. The molecule has 5 heteroatoms. The highest BCUT2D eigenvalue weighted by Gasteiger charge is 2.27. The monoisotopic (exact) mass is 344 g/mol. The Morgan fingerprint density at radius 1 is 1.63 bits per heavy atom. The number of hydrogen-bond donors (Lipinski definition) is 1. The molecule has 1 aromatic rings. The van der Waals surface area contributed by atoms with Gasteiger partial charge in [0.15, 0.2) is 0 Å². The summed E-state index contributed by atoms with van der Waals surface area (Å²) in [6.45, 7) is 6.86. The average molecular weight is 345 g/mol. The van der Waals surface area contributed by atoms with Gasteiger partial charge in [0, 0.05) is 32.1 Å². The molecule has 0 radical (unpaired) electrons. The fourth-order valence-corrected chi connectivity index (χ4v) is 3.80. The van der Waals surface area contributed by atoms with Crippen LogP contribution in [0.2, 0.25) is 0 Å². The van der Waals surface area contributed by atoms with Gasteiger partial charge in [-0.25, -0.2) is 0 Å². The van der Waals surface area contributed by atoms with Crippen molar-refractivity contribution in [3.05, 3.63) is 20.8 Å². The Morgan fingerprint density at radius 2 is 2.42 bits per heavy atom. The molecule has 0 unspecified atom stereocenters. The zero-order valence-electron chi connectivity index (χ0n) is 11.5. The number of carbonyl (C=O) groups excluding carboxylic acids is 1. The van der Waals surface area contributed by atoms with Gasteiger partial charge in [-0.1, -0.05) is 13.8 Å². The Bertz CT molecular complexity index is 435. The topological polar surface area (TPSA) is 32.3 Å². The number of piperidine rings is 1. The highest BCUT2D eigenvalue weighted by Crippen LogP contribution is 2.22. The molecule has 1 aliphatic rings. The lowest BCUT2D eigenvalue weighted by molar-refractivity contribution is -0.132. The van der Waals surface area contributed by atoms with Crippen molar-refractivity contribution >= 4 is 33.2 Å². The predicted molar refractivity (Wildman–Crippen MR) is 83.3 cm³/mol. The van der Waals surface area contributed by atoms with Crippen LogP contribution in [0.15, 0.2) is 15.2 Å². The van der Waals surface area contributed by atoms with Crippen LogP contribution >= 0.6 is 27.3 Å². The van der Waals surface area contributed by atoms with E-state index in [1.54, 1.807) is 11.3 Å². The van der Waals surface area contributed by atoms with Crippen LogP contribution in [0.4, 0.5) is 0 Å². The van der Waals surface area contributed by atoms with Gasteiger partial charge in [-0.2, -0.15) is 0 Å². The van der Waals surface area contributed by atoms with Crippen LogP contribution in [0.5, 0.6) is 0 Å². The van der Waals surface area contributed by atoms with Crippen LogP contribution in [-0.4, -0.2) is 29.9 Å². The molecule has 19 heavy (non-hydrogen) atoms. The minimum atomic E-state index is 0.284. The molecule has 1 amide bonds. The molecule has 1 aromatic heterocycles. The van der Waals surface area contributed by atoms with Crippen molar-refractivity contribution in [3.63, 3.8) is 0 Å². The molecule has 1 aliphatic heterocycles. The van der Waals surface area contributed by atoms with Crippen LogP contribution in [0.3, 0.4) is 0 Å². The Kier molecular flexibility index (Phi) is 5.42. The second-order valence-corrected chi connectivity index (χ2v) is 7.50. The normalized spacial score (nSPS) is 23.6. The zero-order chi connectivity index (χ0) is 13.8. The molecule has 0 saturated carbocycles. The first-order valence-electron chi connectivity index (χ1n) is 6.84. The van der Waals surface area contributed by atoms with E-state index in [0.29, 0.717) is 18.4 Å². The van der Waals surface area contributed by atoms with E-state index >= 15 is 0 Å². The fourth-order valence-electron chi connectivity index (χ4n) is 2.59. The summed E-state index contributed by atoms with van der Waals surface area (Å²) in [5.41, 5.74) is 1.33. The minimum absolute atomic E-state index is 0.284. The molecular formula is C14H21BrN2OS. The molecule has 1 fully saturated rings. The summed E-state index contributed by atoms with van der Waals surface area (Å²) in [7, 11) is 0. The van der Waals surface area contributed by atoms with E-state index < -0.39 is 0 Å². The Hall–Kier alpha value is -0.390. The number of carbonyl (C=O) groups is 1. The van der Waals surface area contributed by atoms with E-state index in [-0.39, 0.29) is 5.91 Å². The third-order valence-corrected chi connectivity index (χ3v) is 5.30. The summed E-state index contributed by atoms with van der Waals surface area (Å²) in [4.78, 5) is 13.7. The molecule has 1 saturated heterocycles. The van der Waals surface area contributed by atoms with E-state index in [2.05, 4.69) is 39.6 Å². The van der Waals surface area contributed by atoms with Crippen molar-refractivity contribution in [2.24, 2.45) is 5.92 Å². The highest BCUT2D eigenvalue weighted by molar-refractivity contribution is 9.11. The number of nitrogens with one attached hydrogen (secondary N) is 1. The van der Waals surface area contributed by atoms with Crippen molar-refractivity contribution < 1.29 is 4.79 Å². The van der Waals surface area contributed by atoms with Gasteiger partial charge in [0.05, 0.1) is 3.79 Å². The fraction of sp³-hybridized carbons (Fsp3) is 0.643. The average Bonchev–Trinajstić information content (AvgIpc) is 2.82. The van der Waals surface area contributed by atoms with E-state index in [1.807, 2.05) is 11.8 Å². The van der Waals surface area contributed by atoms with E-state index in [1.165, 1.54) is 9.35 Å². The molecular weight excluding hydrogens is 324 g/mol. The second-order valence-electron chi connectivity index (χ2n) is 5.21. The van der Waals surface area contributed by atoms with Crippen LogP contribution in [0.25, 0.3) is 0 Å². The summed E-state index contributed by atoms with van der Waals surface area (Å²) in [6.07, 6.45) is 1.67. The maximum absolute atomic E-state index is 11.7. The second kappa shape index (κ2) is 6.86. The summed E-state index contributed by atoms with van der Waals surface area (Å²) in [5.74, 6) is 0.804. The van der Waals surface area contributed by atoms with Gasteiger partial charge < -0.3 is 10.2 Å².